The van der Waals surface area contributed by atoms with Crippen LogP contribution >= 0.6 is 11.3 Å². The maximum atomic E-state index is 13.4. The highest BCUT2D eigenvalue weighted by Gasteiger charge is 2.31. The van der Waals surface area contributed by atoms with Gasteiger partial charge < -0.3 is 10.2 Å². The standard InChI is InChI=1S/C30H27F3N4O2S/c1-19-15-28(40-18-19)36-29(39)35-22-8-5-20(6-9-22)27(38)12-10-23-17-26(37-13-3-2-4-14-37)24-16-21(30(31,32)33)7-11-25(24)34-23/h5-12,15-18H,2-4,13-14H2,1H3,(H2,35,36,39). The highest BCUT2D eigenvalue weighted by atomic mass is 32.1. The summed E-state index contributed by atoms with van der Waals surface area (Å²) in [5.41, 5.74) is 2.92. The average Bonchev–Trinajstić information content (AvgIpc) is 3.35. The maximum absolute atomic E-state index is 13.4. The zero-order valence-corrected chi connectivity index (χ0v) is 22.5. The number of alkyl halides is 3. The monoisotopic (exact) mass is 564 g/mol. The number of urea groups is 1. The lowest BCUT2D eigenvalue weighted by Crippen LogP contribution is -2.29. The van der Waals surface area contributed by atoms with Gasteiger partial charge in [-0.05, 0) is 104 Å². The van der Waals surface area contributed by atoms with Crippen molar-refractivity contribution in [2.75, 3.05) is 28.6 Å². The summed E-state index contributed by atoms with van der Waals surface area (Å²) in [5.74, 6) is -0.265. The summed E-state index contributed by atoms with van der Waals surface area (Å²) in [5, 5.41) is 8.62. The third kappa shape index (κ3) is 6.51. The Morgan fingerprint density at radius 1 is 0.975 bits per heavy atom. The lowest BCUT2D eigenvalue weighted by atomic mass is 10.0. The van der Waals surface area contributed by atoms with Crippen LogP contribution in [-0.2, 0) is 6.18 Å². The quantitative estimate of drug-likeness (QED) is 0.183. The number of aryl methyl sites for hydroxylation is 1. The minimum absolute atomic E-state index is 0.265. The van der Waals surface area contributed by atoms with Crippen molar-refractivity contribution in [2.45, 2.75) is 32.4 Å². The molecule has 0 unspecified atom stereocenters. The fraction of sp³-hybridized carbons (Fsp3) is 0.233. The molecule has 2 N–H and O–H groups in total. The van der Waals surface area contributed by atoms with Crippen LogP contribution in [0.5, 0.6) is 0 Å². The number of amides is 2. The van der Waals surface area contributed by atoms with Crippen LogP contribution in [0.3, 0.4) is 0 Å². The number of hydrogen-bond acceptors (Lipinski definition) is 5. The van der Waals surface area contributed by atoms with E-state index >= 15 is 0 Å². The molecule has 2 amide bonds. The van der Waals surface area contributed by atoms with Crippen molar-refractivity contribution in [2.24, 2.45) is 0 Å². The molecule has 2 aromatic carbocycles. The van der Waals surface area contributed by atoms with E-state index in [4.69, 9.17) is 0 Å². The van der Waals surface area contributed by atoms with Crippen LogP contribution in [0.2, 0.25) is 0 Å². The molecular weight excluding hydrogens is 537 g/mol. The Hall–Kier alpha value is -4.18. The number of aromatic nitrogens is 1. The molecule has 0 saturated carbocycles. The van der Waals surface area contributed by atoms with Crippen molar-refractivity contribution in [1.82, 2.24) is 4.98 Å². The van der Waals surface area contributed by atoms with Gasteiger partial charge in [0.15, 0.2) is 5.78 Å². The normalized spacial score (nSPS) is 14.1. The summed E-state index contributed by atoms with van der Waals surface area (Å²) in [7, 11) is 0. The number of fused-ring (bicyclic) bond motifs is 1. The third-order valence-corrected chi connectivity index (χ3v) is 7.59. The smallest absolute Gasteiger partial charge is 0.371 e. The number of pyridine rings is 1. The maximum Gasteiger partial charge on any atom is 0.416 e. The molecule has 1 saturated heterocycles. The van der Waals surface area contributed by atoms with E-state index < -0.39 is 11.7 Å². The number of nitrogens with zero attached hydrogens (tertiary/aromatic N) is 2. The molecule has 206 valence electrons. The summed E-state index contributed by atoms with van der Waals surface area (Å²) in [6, 6.07) is 13.3. The third-order valence-electron chi connectivity index (χ3n) is 6.63. The number of piperidine rings is 1. The molecule has 0 aliphatic carbocycles. The minimum atomic E-state index is -4.45. The SMILES string of the molecule is Cc1csc(NC(=O)Nc2ccc(C(=O)C=Cc3cc(N4CCCCC4)c4cc(C(F)(F)F)ccc4n3)cc2)c1. The van der Waals surface area contributed by atoms with Gasteiger partial charge in [0.25, 0.3) is 0 Å². The molecule has 10 heteroatoms. The van der Waals surface area contributed by atoms with Gasteiger partial charge in [-0.1, -0.05) is 0 Å². The second kappa shape index (κ2) is 11.5. The zero-order chi connectivity index (χ0) is 28.3. The van der Waals surface area contributed by atoms with Crippen LogP contribution in [0.1, 0.15) is 46.4 Å². The number of ketones is 1. The second-order valence-electron chi connectivity index (χ2n) is 9.69. The molecule has 0 spiro atoms. The fourth-order valence-corrected chi connectivity index (χ4v) is 5.42. The van der Waals surface area contributed by atoms with Crippen molar-refractivity contribution < 1.29 is 22.8 Å². The Kier molecular flexibility index (Phi) is 7.88. The van der Waals surface area contributed by atoms with E-state index in [9.17, 15) is 22.8 Å². The summed E-state index contributed by atoms with van der Waals surface area (Å²) in [6.07, 6.45) is 1.54. The summed E-state index contributed by atoms with van der Waals surface area (Å²) in [6.45, 7) is 3.45. The van der Waals surface area contributed by atoms with Crippen molar-refractivity contribution >= 4 is 56.5 Å². The topological polar surface area (TPSA) is 74.3 Å². The molecule has 40 heavy (non-hydrogen) atoms. The van der Waals surface area contributed by atoms with Crippen LogP contribution in [0.15, 0.2) is 66.1 Å². The summed E-state index contributed by atoms with van der Waals surface area (Å²) < 4.78 is 40.2. The summed E-state index contributed by atoms with van der Waals surface area (Å²) >= 11 is 1.43. The van der Waals surface area contributed by atoms with E-state index in [2.05, 4.69) is 20.5 Å². The van der Waals surface area contributed by atoms with Gasteiger partial charge in [0.05, 0.1) is 21.8 Å². The molecule has 6 nitrogen and oxygen atoms in total. The molecule has 4 aromatic rings. The Bertz CT molecular complexity index is 1570. The van der Waals surface area contributed by atoms with E-state index in [1.165, 1.54) is 23.5 Å². The molecule has 1 fully saturated rings. The molecule has 1 aliphatic heterocycles. The van der Waals surface area contributed by atoms with Gasteiger partial charge in [0.2, 0.25) is 0 Å². The first-order valence-electron chi connectivity index (χ1n) is 12.9. The molecule has 0 atom stereocenters. The van der Waals surface area contributed by atoms with E-state index in [1.54, 1.807) is 36.4 Å². The zero-order valence-electron chi connectivity index (χ0n) is 21.7. The van der Waals surface area contributed by atoms with E-state index in [0.717, 1.165) is 55.0 Å². The molecule has 0 bridgehead atoms. The number of allylic oxidation sites excluding steroid dienone is 1. The van der Waals surface area contributed by atoms with Crippen molar-refractivity contribution in [1.29, 1.82) is 0 Å². The van der Waals surface area contributed by atoms with Crippen LogP contribution in [0.4, 0.5) is 34.3 Å². The highest BCUT2D eigenvalue weighted by Crippen LogP contribution is 2.35. The van der Waals surface area contributed by atoms with Crippen molar-refractivity contribution in [3.8, 4) is 0 Å². The first-order valence-corrected chi connectivity index (χ1v) is 13.8. The Labute approximate surface area is 233 Å². The van der Waals surface area contributed by atoms with Crippen molar-refractivity contribution in [3.05, 3.63) is 88.4 Å². The number of benzene rings is 2. The Morgan fingerprint density at radius 2 is 1.73 bits per heavy atom. The van der Waals surface area contributed by atoms with Gasteiger partial charge >= 0.3 is 12.2 Å². The molecule has 1 aliphatic rings. The number of hydrogen-bond donors (Lipinski definition) is 2. The van der Waals surface area contributed by atoms with Gasteiger partial charge in [-0.3, -0.25) is 10.1 Å². The predicted molar refractivity (Wildman–Crippen MR) is 154 cm³/mol. The fourth-order valence-electron chi connectivity index (χ4n) is 4.63. The lowest BCUT2D eigenvalue weighted by molar-refractivity contribution is -0.137. The Balaban J connectivity index is 1.33. The second-order valence-corrected chi connectivity index (χ2v) is 10.6. The van der Waals surface area contributed by atoms with E-state index in [0.29, 0.717) is 33.5 Å². The number of nitrogens with one attached hydrogen (secondary N) is 2. The van der Waals surface area contributed by atoms with Crippen LogP contribution < -0.4 is 15.5 Å². The van der Waals surface area contributed by atoms with Gasteiger partial charge in [-0.15, -0.1) is 11.3 Å². The first kappa shape index (κ1) is 27.4. The predicted octanol–water partition coefficient (Wildman–Crippen LogP) is 8.15. The highest BCUT2D eigenvalue weighted by molar-refractivity contribution is 7.14. The van der Waals surface area contributed by atoms with Gasteiger partial charge in [-0.25, -0.2) is 9.78 Å². The molecule has 3 heterocycles. The van der Waals surface area contributed by atoms with Gasteiger partial charge in [0.1, 0.15) is 0 Å². The number of thiophene rings is 1. The molecule has 5 rings (SSSR count). The number of rotatable bonds is 6. The van der Waals surface area contributed by atoms with E-state index in [-0.39, 0.29) is 11.8 Å². The molecular formula is C30H27F3N4O2S. The number of halogens is 3. The molecule has 0 radical (unpaired) electrons. The number of carbonyl (C=O) groups excluding carboxylic acids is 2. The minimum Gasteiger partial charge on any atom is -0.371 e. The molecule has 2 aromatic heterocycles. The number of anilines is 3. The first-order chi connectivity index (χ1) is 19.2. The largest absolute Gasteiger partial charge is 0.416 e. The average molecular weight is 565 g/mol. The van der Waals surface area contributed by atoms with Gasteiger partial charge in [-0.2, -0.15) is 13.2 Å². The Morgan fingerprint density at radius 3 is 2.40 bits per heavy atom. The van der Waals surface area contributed by atoms with Gasteiger partial charge in [0, 0.05) is 35.4 Å². The number of carbonyl (C=O) groups is 2. The van der Waals surface area contributed by atoms with Crippen LogP contribution in [0.25, 0.3) is 17.0 Å². The summed E-state index contributed by atoms with van der Waals surface area (Å²) in [4.78, 5) is 31.7. The lowest BCUT2D eigenvalue weighted by Gasteiger charge is -2.30. The van der Waals surface area contributed by atoms with Crippen LogP contribution in [-0.4, -0.2) is 29.9 Å². The van der Waals surface area contributed by atoms with E-state index in [1.807, 2.05) is 18.4 Å². The van der Waals surface area contributed by atoms with Crippen molar-refractivity contribution in [3.63, 3.8) is 0 Å². The van der Waals surface area contributed by atoms with Crippen LogP contribution in [0, 0.1) is 6.92 Å².